The molecule has 0 aromatic heterocycles. The van der Waals surface area contributed by atoms with Crippen LogP contribution < -0.4 is 10.6 Å². The summed E-state index contributed by atoms with van der Waals surface area (Å²) in [6, 6.07) is 12.6. The maximum Gasteiger partial charge on any atom is 0.406 e. The molecule has 2 aromatic carbocycles. The molecular formula is C31H44FN3O5. The summed E-state index contributed by atoms with van der Waals surface area (Å²) >= 11 is 0. The van der Waals surface area contributed by atoms with Crippen LogP contribution in [0.25, 0.3) is 11.1 Å². The van der Waals surface area contributed by atoms with Gasteiger partial charge in [-0.25, -0.2) is 9.18 Å². The van der Waals surface area contributed by atoms with E-state index in [0.717, 1.165) is 18.4 Å². The number of hydrogen-bond donors (Lipinski definition) is 3. The molecule has 1 fully saturated rings. The predicted octanol–water partition coefficient (Wildman–Crippen LogP) is 4.24. The number of alkyl carbamates (subject to hydrolysis) is 1. The molecule has 0 bridgehead atoms. The van der Waals surface area contributed by atoms with Crippen LogP contribution in [-0.4, -0.2) is 75.6 Å². The van der Waals surface area contributed by atoms with Gasteiger partial charge >= 0.3 is 6.09 Å². The summed E-state index contributed by atoms with van der Waals surface area (Å²) in [5, 5.41) is 18.3. The van der Waals surface area contributed by atoms with Gasteiger partial charge in [0.2, 0.25) is 5.91 Å². The highest BCUT2D eigenvalue weighted by molar-refractivity contribution is 5.77. The van der Waals surface area contributed by atoms with Gasteiger partial charge in [0, 0.05) is 44.8 Å². The molecule has 0 saturated carbocycles. The standard InChI is InChI=1S/C31H44FN3O5/c1-5-22-10-6-11-23(18-22)29-26(13-7-14-27(29)32)31(38,15-9-16-34-30(37)40-4)24-12-8-17-35(21-24)28(36)19-25(39-3)20-33-2/h6-7,10-11,13-14,18,24-25,33,38H,5,8-9,12,15-17,19-21H2,1-4H3,(H,34,37)/t24-,25?,31+/m1/s1. The van der Waals surface area contributed by atoms with E-state index in [2.05, 4.69) is 15.4 Å². The minimum Gasteiger partial charge on any atom is -0.453 e. The molecule has 3 N–H and O–H groups in total. The predicted molar refractivity (Wildman–Crippen MR) is 153 cm³/mol. The van der Waals surface area contributed by atoms with E-state index < -0.39 is 17.5 Å². The number of likely N-dealkylation sites (N-methyl/N-ethyl adjacent to an activating group) is 1. The molecule has 1 aliphatic rings. The van der Waals surface area contributed by atoms with Crippen molar-refractivity contribution in [2.24, 2.45) is 5.92 Å². The second-order valence-corrected chi connectivity index (χ2v) is 10.5. The van der Waals surface area contributed by atoms with Crippen molar-refractivity contribution in [2.75, 3.05) is 47.4 Å². The topological polar surface area (TPSA) is 100 Å². The highest BCUT2D eigenvalue weighted by Gasteiger charge is 2.43. The fraction of sp³-hybridized carbons (Fsp3) is 0.548. The van der Waals surface area contributed by atoms with Crippen LogP contribution in [-0.2, 0) is 26.3 Å². The number of benzene rings is 2. The smallest absolute Gasteiger partial charge is 0.406 e. The zero-order valence-corrected chi connectivity index (χ0v) is 24.2. The highest BCUT2D eigenvalue weighted by Crippen LogP contribution is 2.44. The molecule has 2 amide bonds. The number of carbonyl (C=O) groups is 2. The van der Waals surface area contributed by atoms with Crippen molar-refractivity contribution in [1.29, 1.82) is 0 Å². The quantitative estimate of drug-likeness (QED) is 0.319. The van der Waals surface area contributed by atoms with Crippen LogP contribution in [0.15, 0.2) is 42.5 Å². The van der Waals surface area contributed by atoms with Gasteiger partial charge in [-0.2, -0.15) is 0 Å². The number of hydrogen-bond acceptors (Lipinski definition) is 6. The van der Waals surface area contributed by atoms with Gasteiger partial charge in [-0.05, 0) is 61.9 Å². The van der Waals surface area contributed by atoms with E-state index in [9.17, 15) is 14.7 Å². The third kappa shape index (κ3) is 7.80. The number of methoxy groups -OCH3 is 2. The maximum absolute atomic E-state index is 15.6. The molecule has 40 heavy (non-hydrogen) atoms. The largest absolute Gasteiger partial charge is 0.453 e. The molecule has 8 nitrogen and oxygen atoms in total. The number of aryl methyl sites for hydroxylation is 1. The summed E-state index contributed by atoms with van der Waals surface area (Å²) in [6.45, 7) is 3.84. The maximum atomic E-state index is 15.6. The first kappa shape index (κ1) is 31.5. The fourth-order valence-corrected chi connectivity index (χ4v) is 5.69. The molecule has 0 spiro atoms. The average Bonchev–Trinajstić information content (AvgIpc) is 2.98. The van der Waals surface area contributed by atoms with Crippen LogP contribution >= 0.6 is 0 Å². The molecular weight excluding hydrogens is 513 g/mol. The van der Waals surface area contributed by atoms with Crippen molar-refractivity contribution in [3.8, 4) is 11.1 Å². The zero-order valence-electron chi connectivity index (χ0n) is 24.2. The number of piperidine rings is 1. The number of rotatable bonds is 13. The van der Waals surface area contributed by atoms with Crippen molar-refractivity contribution in [3.63, 3.8) is 0 Å². The van der Waals surface area contributed by atoms with Crippen molar-refractivity contribution >= 4 is 12.0 Å². The van der Waals surface area contributed by atoms with Crippen LogP contribution in [0, 0.1) is 11.7 Å². The summed E-state index contributed by atoms with van der Waals surface area (Å²) in [5.41, 5.74) is 1.21. The van der Waals surface area contributed by atoms with E-state index in [4.69, 9.17) is 4.74 Å². The van der Waals surface area contributed by atoms with Gasteiger partial charge in [-0.3, -0.25) is 4.79 Å². The van der Waals surface area contributed by atoms with E-state index in [1.54, 1.807) is 24.1 Å². The van der Waals surface area contributed by atoms with E-state index in [1.165, 1.54) is 13.2 Å². The van der Waals surface area contributed by atoms with Gasteiger partial charge < -0.3 is 30.1 Å². The van der Waals surface area contributed by atoms with Gasteiger partial charge in [0.25, 0.3) is 0 Å². The van der Waals surface area contributed by atoms with Gasteiger partial charge in [-0.15, -0.1) is 0 Å². The third-order valence-corrected chi connectivity index (χ3v) is 7.91. The Morgan fingerprint density at radius 3 is 2.70 bits per heavy atom. The molecule has 1 aliphatic heterocycles. The summed E-state index contributed by atoms with van der Waals surface area (Å²) in [5.74, 6) is -0.768. The second-order valence-electron chi connectivity index (χ2n) is 10.5. The minimum atomic E-state index is -1.44. The molecule has 3 rings (SSSR count). The van der Waals surface area contributed by atoms with Crippen LogP contribution in [0.2, 0.25) is 0 Å². The first-order chi connectivity index (χ1) is 19.3. The second kappa shape index (κ2) is 15.1. The van der Waals surface area contributed by atoms with E-state index in [0.29, 0.717) is 55.7 Å². The van der Waals surface area contributed by atoms with Crippen LogP contribution in [0.4, 0.5) is 9.18 Å². The molecule has 1 heterocycles. The number of aliphatic hydroxyl groups is 1. The van der Waals surface area contributed by atoms with Crippen molar-refractivity contribution in [1.82, 2.24) is 15.5 Å². The highest BCUT2D eigenvalue weighted by atomic mass is 19.1. The Bertz CT molecular complexity index is 1130. The lowest BCUT2D eigenvalue weighted by Gasteiger charge is -2.44. The lowest BCUT2D eigenvalue weighted by Crippen LogP contribution is -2.49. The summed E-state index contributed by atoms with van der Waals surface area (Å²) < 4.78 is 25.7. The van der Waals surface area contributed by atoms with E-state index in [1.807, 2.05) is 38.2 Å². The van der Waals surface area contributed by atoms with Gasteiger partial charge in [0.15, 0.2) is 0 Å². The number of ether oxygens (including phenoxy) is 2. The van der Waals surface area contributed by atoms with Crippen molar-refractivity contribution in [3.05, 3.63) is 59.4 Å². The summed E-state index contributed by atoms with van der Waals surface area (Å²) in [6.07, 6.45) is 2.36. The first-order valence-electron chi connectivity index (χ1n) is 14.1. The van der Waals surface area contributed by atoms with Crippen molar-refractivity contribution in [2.45, 2.75) is 57.2 Å². The molecule has 2 aromatic rings. The molecule has 1 unspecified atom stereocenters. The first-order valence-corrected chi connectivity index (χ1v) is 14.1. The molecule has 220 valence electrons. The molecule has 3 atom stereocenters. The Hall–Kier alpha value is -3.01. The Balaban J connectivity index is 1.98. The Kier molecular flexibility index (Phi) is 11.9. The summed E-state index contributed by atoms with van der Waals surface area (Å²) in [7, 11) is 4.71. The third-order valence-electron chi connectivity index (χ3n) is 7.91. The lowest BCUT2D eigenvalue weighted by atomic mass is 9.72. The average molecular weight is 558 g/mol. The molecule has 1 saturated heterocycles. The van der Waals surface area contributed by atoms with Gasteiger partial charge in [0.1, 0.15) is 5.82 Å². The normalized spacial score (nSPS) is 17.6. The summed E-state index contributed by atoms with van der Waals surface area (Å²) in [4.78, 5) is 26.7. The fourth-order valence-electron chi connectivity index (χ4n) is 5.69. The van der Waals surface area contributed by atoms with Gasteiger partial charge in [-0.1, -0.05) is 43.3 Å². The SMILES string of the molecule is CCc1cccc(-c2c(F)cccc2[C@](O)(CCCNC(=O)OC)[C@@H]2CCCN(C(=O)CC(CNC)OC)C2)c1. The number of nitrogens with one attached hydrogen (secondary N) is 2. The number of carbonyl (C=O) groups excluding carboxylic acids is 2. The number of halogens is 1. The van der Waals surface area contributed by atoms with Crippen molar-refractivity contribution < 1.29 is 28.6 Å². The van der Waals surface area contributed by atoms with Gasteiger partial charge in [0.05, 0.1) is 25.2 Å². The Morgan fingerprint density at radius 1 is 1.23 bits per heavy atom. The monoisotopic (exact) mass is 557 g/mol. The minimum absolute atomic E-state index is 0.0309. The van der Waals surface area contributed by atoms with Crippen LogP contribution in [0.5, 0.6) is 0 Å². The Labute approximate surface area is 237 Å². The van der Waals surface area contributed by atoms with E-state index in [-0.39, 0.29) is 30.8 Å². The number of nitrogens with zero attached hydrogens (tertiary/aromatic N) is 1. The van der Waals surface area contributed by atoms with Crippen LogP contribution in [0.3, 0.4) is 0 Å². The molecule has 9 heteroatoms. The molecule has 0 aliphatic carbocycles. The Morgan fingerprint density at radius 2 is 2.00 bits per heavy atom. The number of amides is 2. The molecule has 0 radical (unpaired) electrons. The van der Waals surface area contributed by atoms with E-state index >= 15 is 4.39 Å². The lowest BCUT2D eigenvalue weighted by molar-refractivity contribution is -0.139. The number of likely N-dealkylation sites (tertiary alicyclic amines) is 1. The van der Waals surface area contributed by atoms with Crippen LogP contribution in [0.1, 0.15) is 50.2 Å². The zero-order chi connectivity index (χ0) is 29.1.